The van der Waals surface area contributed by atoms with Crippen molar-refractivity contribution in [1.82, 2.24) is 9.97 Å². The molecular formula is C19H18N4O. The molecule has 3 rings (SSSR count). The minimum Gasteiger partial charge on any atom is -0.324 e. The van der Waals surface area contributed by atoms with Crippen molar-refractivity contribution in [1.29, 1.82) is 0 Å². The lowest BCUT2D eigenvalue weighted by atomic mass is 10.1. The Morgan fingerprint density at radius 3 is 2.33 bits per heavy atom. The molecule has 0 atom stereocenters. The molecule has 0 bridgehead atoms. The third kappa shape index (κ3) is 3.57. The summed E-state index contributed by atoms with van der Waals surface area (Å²) in [5, 5.41) is 5.98. The quantitative estimate of drug-likeness (QED) is 0.760. The molecule has 5 heteroatoms. The van der Waals surface area contributed by atoms with E-state index in [0.29, 0.717) is 11.5 Å². The van der Waals surface area contributed by atoms with Crippen LogP contribution in [0.15, 0.2) is 60.9 Å². The third-order valence-electron chi connectivity index (χ3n) is 3.80. The summed E-state index contributed by atoms with van der Waals surface area (Å²) >= 11 is 0. The molecule has 0 aliphatic carbocycles. The molecule has 5 nitrogen and oxygen atoms in total. The summed E-state index contributed by atoms with van der Waals surface area (Å²) in [5.41, 5.74) is 4.28. The zero-order valence-corrected chi connectivity index (χ0v) is 13.6. The van der Waals surface area contributed by atoms with Crippen LogP contribution in [0.25, 0.3) is 0 Å². The highest BCUT2D eigenvalue weighted by Crippen LogP contribution is 2.19. The molecule has 24 heavy (non-hydrogen) atoms. The summed E-state index contributed by atoms with van der Waals surface area (Å²) in [4.78, 5) is 20.7. The van der Waals surface area contributed by atoms with Crippen molar-refractivity contribution in [2.45, 2.75) is 13.8 Å². The predicted octanol–water partition coefficient (Wildman–Crippen LogP) is 4.09. The van der Waals surface area contributed by atoms with Crippen molar-refractivity contribution in [2.75, 3.05) is 10.6 Å². The molecule has 0 saturated carbocycles. The Morgan fingerprint density at radius 2 is 1.62 bits per heavy atom. The maximum Gasteiger partial charge on any atom is 0.258 e. The van der Waals surface area contributed by atoms with Gasteiger partial charge in [0.25, 0.3) is 5.91 Å². The van der Waals surface area contributed by atoms with E-state index in [0.717, 1.165) is 22.5 Å². The van der Waals surface area contributed by atoms with Crippen molar-refractivity contribution in [3.8, 4) is 0 Å². The Kier molecular flexibility index (Phi) is 4.52. The number of rotatable bonds is 4. The summed E-state index contributed by atoms with van der Waals surface area (Å²) < 4.78 is 0. The van der Waals surface area contributed by atoms with Gasteiger partial charge in [0.15, 0.2) is 0 Å². The van der Waals surface area contributed by atoms with Gasteiger partial charge in [0.05, 0.1) is 5.56 Å². The van der Waals surface area contributed by atoms with Crippen LogP contribution in [-0.4, -0.2) is 15.9 Å². The van der Waals surface area contributed by atoms with E-state index in [-0.39, 0.29) is 5.91 Å². The van der Waals surface area contributed by atoms with Crippen molar-refractivity contribution in [3.63, 3.8) is 0 Å². The first-order chi connectivity index (χ1) is 11.6. The highest BCUT2D eigenvalue weighted by Gasteiger charge is 2.10. The maximum atomic E-state index is 12.3. The van der Waals surface area contributed by atoms with Crippen LogP contribution in [0.2, 0.25) is 0 Å². The number of benzene rings is 2. The van der Waals surface area contributed by atoms with Gasteiger partial charge in [-0.15, -0.1) is 0 Å². The van der Waals surface area contributed by atoms with Gasteiger partial charge in [0, 0.05) is 23.8 Å². The first-order valence-corrected chi connectivity index (χ1v) is 7.65. The monoisotopic (exact) mass is 318 g/mol. The first kappa shape index (κ1) is 15.7. The number of amides is 1. The molecule has 0 fully saturated rings. The molecule has 0 aliphatic rings. The van der Waals surface area contributed by atoms with Gasteiger partial charge >= 0.3 is 0 Å². The van der Waals surface area contributed by atoms with Gasteiger partial charge < -0.3 is 10.6 Å². The molecule has 1 heterocycles. The van der Waals surface area contributed by atoms with E-state index in [9.17, 15) is 4.79 Å². The number of hydrogen-bond donors (Lipinski definition) is 2. The fourth-order valence-corrected chi connectivity index (χ4v) is 2.24. The highest BCUT2D eigenvalue weighted by molar-refractivity contribution is 6.04. The van der Waals surface area contributed by atoms with Crippen LogP contribution in [-0.2, 0) is 0 Å². The van der Waals surface area contributed by atoms with E-state index in [1.54, 1.807) is 0 Å². The second-order valence-corrected chi connectivity index (χ2v) is 5.49. The SMILES string of the molecule is Cc1cccc(NC(=O)c2cnc(Nc3ccccc3)nc2)c1C. The second kappa shape index (κ2) is 6.91. The molecular weight excluding hydrogens is 300 g/mol. The highest BCUT2D eigenvalue weighted by atomic mass is 16.1. The lowest BCUT2D eigenvalue weighted by Crippen LogP contribution is -2.14. The lowest BCUT2D eigenvalue weighted by Gasteiger charge is -2.10. The molecule has 120 valence electrons. The summed E-state index contributed by atoms with van der Waals surface area (Å²) in [6, 6.07) is 15.4. The Balaban J connectivity index is 1.71. The Labute approximate surface area is 140 Å². The normalized spacial score (nSPS) is 10.2. The first-order valence-electron chi connectivity index (χ1n) is 7.65. The molecule has 0 radical (unpaired) electrons. The summed E-state index contributed by atoms with van der Waals surface area (Å²) in [6.07, 6.45) is 3.03. The van der Waals surface area contributed by atoms with E-state index in [1.165, 1.54) is 12.4 Å². The summed E-state index contributed by atoms with van der Waals surface area (Å²) in [6.45, 7) is 3.99. The zero-order valence-electron chi connectivity index (χ0n) is 13.6. The molecule has 0 unspecified atom stereocenters. The van der Waals surface area contributed by atoms with E-state index in [4.69, 9.17) is 0 Å². The molecule has 0 spiro atoms. The molecule has 1 amide bonds. The van der Waals surface area contributed by atoms with Crippen molar-refractivity contribution in [2.24, 2.45) is 0 Å². The van der Waals surface area contributed by atoms with E-state index < -0.39 is 0 Å². The summed E-state index contributed by atoms with van der Waals surface area (Å²) in [5.74, 6) is 0.222. The predicted molar refractivity (Wildman–Crippen MR) is 95.6 cm³/mol. The molecule has 0 saturated heterocycles. The minimum absolute atomic E-state index is 0.227. The Morgan fingerprint density at radius 1 is 0.917 bits per heavy atom. The fraction of sp³-hybridized carbons (Fsp3) is 0.105. The number of carbonyl (C=O) groups is 1. The number of aryl methyl sites for hydroxylation is 1. The number of para-hydroxylation sites is 1. The van der Waals surface area contributed by atoms with E-state index in [2.05, 4.69) is 20.6 Å². The molecule has 1 aromatic heterocycles. The van der Waals surface area contributed by atoms with Gasteiger partial charge in [0.2, 0.25) is 5.95 Å². The average molecular weight is 318 g/mol. The fourth-order valence-electron chi connectivity index (χ4n) is 2.24. The van der Waals surface area contributed by atoms with Gasteiger partial charge in [-0.2, -0.15) is 0 Å². The third-order valence-corrected chi connectivity index (χ3v) is 3.80. The Hall–Kier alpha value is -3.21. The number of hydrogen-bond acceptors (Lipinski definition) is 4. The van der Waals surface area contributed by atoms with Crippen LogP contribution < -0.4 is 10.6 Å². The Bertz CT molecular complexity index is 845. The van der Waals surface area contributed by atoms with Crippen LogP contribution in [0.4, 0.5) is 17.3 Å². The van der Waals surface area contributed by atoms with Gasteiger partial charge in [-0.3, -0.25) is 4.79 Å². The molecule has 0 aliphatic heterocycles. The van der Waals surface area contributed by atoms with Crippen molar-refractivity contribution >= 4 is 23.2 Å². The number of carbonyl (C=O) groups excluding carboxylic acids is 1. The number of nitrogens with one attached hydrogen (secondary N) is 2. The van der Waals surface area contributed by atoms with Crippen molar-refractivity contribution < 1.29 is 4.79 Å². The van der Waals surface area contributed by atoms with Crippen LogP contribution in [0, 0.1) is 13.8 Å². The number of anilines is 3. The van der Waals surface area contributed by atoms with Gasteiger partial charge in [-0.05, 0) is 43.2 Å². The topological polar surface area (TPSA) is 66.9 Å². The largest absolute Gasteiger partial charge is 0.324 e. The van der Waals surface area contributed by atoms with E-state index >= 15 is 0 Å². The lowest BCUT2D eigenvalue weighted by molar-refractivity contribution is 0.102. The molecule has 2 aromatic carbocycles. The zero-order chi connectivity index (χ0) is 16.9. The van der Waals surface area contributed by atoms with E-state index in [1.807, 2.05) is 62.4 Å². The van der Waals surface area contributed by atoms with Crippen LogP contribution in [0.3, 0.4) is 0 Å². The van der Waals surface area contributed by atoms with Crippen LogP contribution in [0.5, 0.6) is 0 Å². The second-order valence-electron chi connectivity index (χ2n) is 5.49. The maximum absolute atomic E-state index is 12.3. The standard InChI is InChI=1S/C19H18N4O/c1-13-7-6-10-17(14(13)2)23-18(24)15-11-20-19(21-12-15)22-16-8-4-3-5-9-16/h3-12H,1-2H3,(H,23,24)(H,20,21,22). The number of aromatic nitrogens is 2. The molecule has 3 aromatic rings. The minimum atomic E-state index is -0.227. The van der Waals surface area contributed by atoms with Crippen LogP contribution >= 0.6 is 0 Å². The average Bonchev–Trinajstić information content (AvgIpc) is 2.60. The van der Waals surface area contributed by atoms with Gasteiger partial charge in [-0.25, -0.2) is 9.97 Å². The summed E-state index contributed by atoms with van der Waals surface area (Å²) in [7, 11) is 0. The number of nitrogens with zero attached hydrogens (tertiary/aromatic N) is 2. The van der Waals surface area contributed by atoms with Crippen molar-refractivity contribution in [3.05, 3.63) is 77.6 Å². The smallest absolute Gasteiger partial charge is 0.258 e. The van der Waals surface area contributed by atoms with Gasteiger partial charge in [0.1, 0.15) is 0 Å². The van der Waals surface area contributed by atoms with Crippen LogP contribution in [0.1, 0.15) is 21.5 Å². The van der Waals surface area contributed by atoms with Gasteiger partial charge in [-0.1, -0.05) is 30.3 Å². The molecule has 2 N–H and O–H groups in total.